The Morgan fingerprint density at radius 1 is 1.27 bits per heavy atom. The predicted octanol–water partition coefficient (Wildman–Crippen LogP) is 1.55. The van der Waals surface area contributed by atoms with Gasteiger partial charge in [-0.05, 0) is 46.2 Å². The molecule has 1 unspecified atom stereocenters. The lowest BCUT2D eigenvalue weighted by atomic mass is 10.1. The molecule has 1 heterocycles. The van der Waals surface area contributed by atoms with Gasteiger partial charge >= 0.3 is 0 Å². The Morgan fingerprint density at radius 2 is 2.09 bits per heavy atom. The molecule has 0 aliphatic carbocycles. The van der Waals surface area contributed by atoms with Crippen LogP contribution in [-0.2, 0) is 4.74 Å². The molecule has 0 saturated carbocycles. The van der Waals surface area contributed by atoms with E-state index in [0.29, 0.717) is 12.2 Å². The van der Waals surface area contributed by atoms with Crippen LogP contribution in [0.3, 0.4) is 0 Å². The van der Waals surface area contributed by atoms with Crippen LogP contribution in [0.5, 0.6) is 0 Å². The minimum absolute atomic E-state index is 0.387. The van der Waals surface area contributed by atoms with Crippen LogP contribution in [0.4, 0.5) is 0 Å². The van der Waals surface area contributed by atoms with Gasteiger partial charge in [0, 0.05) is 0 Å². The van der Waals surface area contributed by atoms with Crippen molar-refractivity contribution in [2.75, 3.05) is 13.1 Å². The first kappa shape index (κ1) is 9.01. The molecule has 0 aromatic rings. The quantitative estimate of drug-likeness (QED) is 0.656. The molecule has 1 aliphatic rings. The van der Waals surface area contributed by atoms with Gasteiger partial charge in [-0.1, -0.05) is 0 Å². The van der Waals surface area contributed by atoms with E-state index in [9.17, 15) is 0 Å². The fourth-order valence-corrected chi connectivity index (χ4v) is 1.51. The van der Waals surface area contributed by atoms with Crippen LogP contribution in [0.1, 0.15) is 33.1 Å². The molecule has 2 nitrogen and oxygen atoms in total. The van der Waals surface area contributed by atoms with Crippen molar-refractivity contribution in [3.8, 4) is 0 Å². The van der Waals surface area contributed by atoms with Gasteiger partial charge in [0.2, 0.25) is 0 Å². The zero-order chi connectivity index (χ0) is 8.10. The number of hydrogen-bond donors (Lipinski definition) is 1. The van der Waals surface area contributed by atoms with Crippen molar-refractivity contribution in [1.82, 2.24) is 5.32 Å². The van der Waals surface area contributed by atoms with Gasteiger partial charge in [-0.15, -0.1) is 0 Å². The summed E-state index contributed by atoms with van der Waals surface area (Å²) in [5.74, 6) is 0. The Labute approximate surface area is 69.3 Å². The highest BCUT2D eigenvalue weighted by Crippen LogP contribution is 2.11. The monoisotopic (exact) mass is 157 g/mol. The van der Waals surface area contributed by atoms with Crippen molar-refractivity contribution in [3.05, 3.63) is 0 Å². The van der Waals surface area contributed by atoms with E-state index in [0.717, 1.165) is 13.1 Å². The zero-order valence-corrected chi connectivity index (χ0v) is 7.60. The average molecular weight is 157 g/mol. The van der Waals surface area contributed by atoms with Gasteiger partial charge in [-0.25, -0.2) is 0 Å². The maximum Gasteiger partial charge on any atom is 0.0591 e. The molecule has 1 N–H and O–H groups in total. The first-order valence-corrected chi connectivity index (χ1v) is 4.65. The smallest absolute Gasteiger partial charge is 0.0591 e. The van der Waals surface area contributed by atoms with E-state index in [1.165, 1.54) is 19.3 Å². The Bertz CT molecular complexity index is 95.7. The van der Waals surface area contributed by atoms with Gasteiger partial charge in [-0.2, -0.15) is 0 Å². The van der Waals surface area contributed by atoms with Crippen molar-refractivity contribution >= 4 is 0 Å². The summed E-state index contributed by atoms with van der Waals surface area (Å²) >= 11 is 0. The second-order valence-electron chi connectivity index (χ2n) is 3.49. The summed E-state index contributed by atoms with van der Waals surface area (Å²) < 4.78 is 5.73. The summed E-state index contributed by atoms with van der Waals surface area (Å²) in [6, 6.07) is 0. The number of hydrogen-bond acceptors (Lipinski definition) is 2. The molecule has 0 amide bonds. The first-order valence-electron chi connectivity index (χ1n) is 4.65. The summed E-state index contributed by atoms with van der Waals surface area (Å²) in [5.41, 5.74) is 0. The fraction of sp³-hybridized carbons (Fsp3) is 1.00. The van der Waals surface area contributed by atoms with E-state index < -0.39 is 0 Å². The van der Waals surface area contributed by atoms with E-state index in [1.54, 1.807) is 0 Å². The van der Waals surface area contributed by atoms with Crippen LogP contribution in [-0.4, -0.2) is 25.3 Å². The van der Waals surface area contributed by atoms with Gasteiger partial charge in [0.05, 0.1) is 12.2 Å². The minimum Gasteiger partial charge on any atom is -0.376 e. The molecule has 11 heavy (non-hydrogen) atoms. The highest BCUT2D eigenvalue weighted by Gasteiger charge is 2.12. The van der Waals surface area contributed by atoms with Crippen molar-refractivity contribution in [2.24, 2.45) is 0 Å². The highest BCUT2D eigenvalue weighted by molar-refractivity contribution is 4.66. The van der Waals surface area contributed by atoms with E-state index in [2.05, 4.69) is 19.2 Å². The van der Waals surface area contributed by atoms with Crippen molar-refractivity contribution in [1.29, 1.82) is 0 Å². The van der Waals surface area contributed by atoms with Crippen molar-refractivity contribution in [3.63, 3.8) is 0 Å². The second-order valence-corrected chi connectivity index (χ2v) is 3.49. The van der Waals surface area contributed by atoms with Crippen LogP contribution >= 0.6 is 0 Å². The molecular weight excluding hydrogens is 138 g/mol. The minimum atomic E-state index is 0.387. The molecule has 0 radical (unpaired) electrons. The Kier molecular flexibility index (Phi) is 3.87. The number of ether oxygens (including phenoxy) is 1. The SMILES string of the molecule is CC(C)OC1CCCNCC1. The van der Waals surface area contributed by atoms with Gasteiger partial charge in [0.1, 0.15) is 0 Å². The van der Waals surface area contributed by atoms with Crippen LogP contribution in [0.2, 0.25) is 0 Å². The molecule has 0 bridgehead atoms. The lowest BCUT2D eigenvalue weighted by Gasteiger charge is -2.17. The summed E-state index contributed by atoms with van der Waals surface area (Å²) in [7, 11) is 0. The molecule has 1 saturated heterocycles. The van der Waals surface area contributed by atoms with E-state index in [-0.39, 0.29) is 0 Å². The van der Waals surface area contributed by atoms with Crippen LogP contribution in [0, 0.1) is 0 Å². The molecule has 0 aromatic carbocycles. The maximum atomic E-state index is 5.73. The van der Waals surface area contributed by atoms with Gasteiger partial charge in [0.15, 0.2) is 0 Å². The highest BCUT2D eigenvalue weighted by atomic mass is 16.5. The average Bonchev–Trinajstić information content (AvgIpc) is 2.14. The van der Waals surface area contributed by atoms with Crippen molar-refractivity contribution < 1.29 is 4.74 Å². The third kappa shape index (κ3) is 3.73. The van der Waals surface area contributed by atoms with E-state index >= 15 is 0 Å². The first-order chi connectivity index (χ1) is 5.29. The Hall–Kier alpha value is -0.0800. The molecule has 66 valence electrons. The molecule has 1 rings (SSSR count). The van der Waals surface area contributed by atoms with Crippen LogP contribution in [0.15, 0.2) is 0 Å². The molecule has 2 heteroatoms. The van der Waals surface area contributed by atoms with Crippen LogP contribution in [0.25, 0.3) is 0 Å². The predicted molar refractivity (Wildman–Crippen MR) is 46.7 cm³/mol. The summed E-state index contributed by atoms with van der Waals surface area (Å²) in [6.07, 6.45) is 4.56. The summed E-state index contributed by atoms with van der Waals surface area (Å²) in [4.78, 5) is 0. The van der Waals surface area contributed by atoms with E-state index in [4.69, 9.17) is 4.74 Å². The molecule has 1 fully saturated rings. The topological polar surface area (TPSA) is 21.3 Å². The lowest BCUT2D eigenvalue weighted by molar-refractivity contribution is 0.00182. The molecule has 1 aliphatic heterocycles. The summed E-state index contributed by atoms with van der Waals surface area (Å²) in [5, 5.41) is 3.37. The second kappa shape index (κ2) is 4.73. The van der Waals surface area contributed by atoms with E-state index in [1.807, 2.05) is 0 Å². The maximum absolute atomic E-state index is 5.73. The molecule has 0 spiro atoms. The normalized spacial score (nSPS) is 27.0. The third-order valence-electron chi connectivity index (χ3n) is 1.99. The molecule has 1 atom stereocenters. The van der Waals surface area contributed by atoms with Crippen molar-refractivity contribution in [2.45, 2.75) is 45.3 Å². The van der Waals surface area contributed by atoms with Gasteiger partial charge < -0.3 is 10.1 Å². The standard InChI is InChI=1S/C9H19NO/c1-8(2)11-9-4-3-6-10-7-5-9/h8-10H,3-7H2,1-2H3. The fourth-order valence-electron chi connectivity index (χ4n) is 1.51. The Balaban J connectivity index is 2.20. The van der Waals surface area contributed by atoms with Crippen LogP contribution < -0.4 is 5.32 Å². The Morgan fingerprint density at radius 3 is 2.82 bits per heavy atom. The molecular formula is C9H19NO. The lowest BCUT2D eigenvalue weighted by Crippen LogP contribution is -2.19. The third-order valence-corrected chi connectivity index (χ3v) is 1.99. The number of nitrogens with one attached hydrogen (secondary N) is 1. The number of rotatable bonds is 2. The largest absolute Gasteiger partial charge is 0.376 e. The molecule has 0 aromatic heterocycles. The van der Waals surface area contributed by atoms with Gasteiger partial charge in [0.25, 0.3) is 0 Å². The summed E-state index contributed by atoms with van der Waals surface area (Å²) in [6.45, 7) is 6.51. The zero-order valence-electron chi connectivity index (χ0n) is 7.60. The van der Waals surface area contributed by atoms with Gasteiger partial charge in [-0.3, -0.25) is 0 Å².